The fourth-order valence-corrected chi connectivity index (χ4v) is 2.48. The number of carboxylic acid groups (broad SMARTS) is 1. The van der Waals surface area contributed by atoms with Gasteiger partial charge in [0.15, 0.2) is 0 Å². The van der Waals surface area contributed by atoms with Crippen molar-refractivity contribution in [2.24, 2.45) is 11.8 Å². The van der Waals surface area contributed by atoms with Crippen molar-refractivity contribution in [2.45, 2.75) is 20.8 Å². The van der Waals surface area contributed by atoms with E-state index in [9.17, 15) is 14.4 Å². The lowest BCUT2D eigenvalue weighted by Crippen LogP contribution is -2.41. The molecule has 21 heavy (non-hydrogen) atoms. The van der Waals surface area contributed by atoms with Gasteiger partial charge < -0.3 is 15.7 Å². The van der Waals surface area contributed by atoms with Crippen molar-refractivity contribution < 1.29 is 19.5 Å². The summed E-state index contributed by atoms with van der Waals surface area (Å²) in [4.78, 5) is 35.9. The van der Waals surface area contributed by atoms with Crippen LogP contribution in [0.3, 0.4) is 0 Å². The zero-order chi connectivity index (χ0) is 16.0. The van der Waals surface area contributed by atoms with Crippen molar-refractivity contribution in [1.82, 2.24) is 10.6 Å². The van der Waals surface area contributed by atoms with Gasteiger partial charge in [-0.1, -0.05) is 13.8 Å². The fraction of sp³-hybridized carbons (Fsp3) is 0.500. The van der Waals surface area contributed by atoms with Crippen LogP contribution in [0.25, 0.3) is 0 Å². The molecular weight excluding hydrogens is 292 g/mol. The smallest absolute Gasteiger partial charge is 0.308 e. The fourth-order valence-electron chi connectivity index (χ4n) is 1.70. The summed E-state index contributed by atoms with van der Waals surface area (Å²) in [5.74, 6) is -2.36. The molecule has 0 fully saturated rings. The number of carbonyl (C=O) groups is 3. The first kappa shape index (κ1) is 17.2. The monoisotopic (exact) mass is 312 g/mol. The molecule has 1 aromatic rings. The van der Waals surface area contributed by atoms with Crippen molar-refractivity contribution >= 4 is 29.1 Å². The number of hydrogen-bond donors (Lipinski definition) is 3. The Labute approximate surface area is 127 Å². The maximum absolute atomic E-state index is 11.7. The molecule has 0 bridgehead atoms. The average molecular weight is 312 g/mol. The number of nitrogens with one attached hydrogen (secondary N) is 2. The quantitative estimate of drug-likeness (QED) is 0.706. The summed E-state index contributed by atoms with van der Waals surface area (Å²) in [5.41, 5.74) is 0. The van der Waals surface area contributed by atoms with Gasteiger partial charge in [-0.05, 0) is 25.0 Å². The van der Waals surface area contributed by atoms with Crippen LogP contribution in [0.4, 0.5) is 0 Å². The lowest BCUT2D eigenvalue weighted by molar-refractivity contribution is -0.143. The van der Waals surface area contributed by atoms with Gasteiger partial charge in [0.05, 0.1) is 17.3 Å². The number of rotatable bonds is 7. The van der Waals surface area contributed by atoms with Crippen LogP contribution in [0.5, 0.6) is 0 Å². The number of aliphatic carboxylic acids is 1. The van der Waals surface area contributed by atoms with E-state index in [1.807, 2.05) is 13.0 Å². The molecular formula is C14H20N2O4S. The Bertz CT molecular complexity index is 525. The van der Waals surface area contributed by atoms with Gasteiger partial charge in [0, 0.05) is 11.4 Å². The highest BCUT2D eigenvalue weighted by Gasteiger charge is 2.22. The zero-order valence-electron chi connectivity index (χ0n) is 12.3. The molecule has 7 heteroatoms. The average Bonchev–Trinajstić information content (AvgIpc) is 2.82. The predicted octanol–water partition coefficient (Wildman–Crippen LogP) is 1.26. The number of carbonyl (C=O) groups excluding carboxylic acids is 2. The molecule has 2 amide bonds. The second-order valence-corrected chi connectivity index (χ2v) is 6.37. The molecule has 1 atom stereocenters. The number of amides is 2. The number of thiophene rings is 1. The molecule has 1 unspecified atom stereocenters. The number of carboxylic acids is 1. The molecule has 0 aliphatic rings. The summed E-state index contributed by atoms with van der Waals surface area (Å²) < 4.78 is 0. The Morgan fingerprint density at radius 2 is 1.90 bits per heavy atom. The lowest BCUT2D eigenvalue weighted by atomic mass is 9.96. The van der Waals surface area contributed by atoms with Crippen molar-refractivity contribution in [3.05, 3.63) is 21.9 Å². The first-order valence-electron chi connectivity index (χ1n) is 6.65. The van der Waals surface area contributed by atoms with Crippen LogP contribution in [0, 0.1) is 18.8 Å². The Morgan fingerprint density at radius 1 is 1.24 bits per heavy atom. The minimum atomic E-state index is -0.941. The minimum absolute atomic E-state index is 0.0554. The topological polar surface area (TPSA) is 95.5 Å². The van der Waals surface area contributed by atoms with E-state index >= 15 is 0 Å². The number of hydrogen-bond acceptors (Lipinski definition) is 4. The lowest BCUT2D eigenvalue weighted by Gasteiger charge is -2.16. The largest absolute Gasteiger partial charge is 0.481 e. The highest BCUT2D eigenvalue weighted by molar-refractivity contribution is 7.13. The van der Waals surface area contributed by atoms with E-state index in [1.54, 1.807) is 19.9 Å². The van der Waals surface area contributed by atoms with E-state index in [0.29, 0.717) is 4.88 Å². The second-order valence-electron chi connectivity index (χ2n) is 5.09. The van der Waals surface area contributed by atoms with Crippen LogP contribution in [-0.4, -0.2) is 36.0 Å². The van der Waals surface area contributed by atoms with E-state index in [-0.39, 0.29) is 24.9 Å². The van der Waals surface area contributed by atoms with Crippen LogP contribution in [-0.2, 0) is 9.59 Å². The molecule has 0 aliphatic carbocycles. The molecule has 1 aromatic heterocycles. The maximum atomic E-state index is 11.7. The van der Waals surface area contributed by atoms with Crippen LogP contribution in [0.2, 0.25) is 0 Å². The molecule has 0 saturated carbocycles. The van der Waals surface area contributed by atoms with Gasteiger partial charge in [0.2, 0.25) is 5.91 Å². The molecule has 1 heterocycles. The summed E-state index contributed by atoms with van der Waals surface area (Å²) in [5, 5.41) is 14.0. The maximum Gasteiger partial charge on any atom is 0.308 e. The predicted molar refractivity (Wildman–Crippen MR) is 80.4 cm³/mol. The van der Waals surface area contributed by atoms with Gasteiger partial charge in [-0.15, -0.1) is 11.3 Å². The van der Waals surface area contributed by atoms with Crippen molar-refractivity contribution in [2.75, 3.05) is 13.1 Å². The van der Waals surface area contributed by atoms with Crippen molar-refractivity contribution in [1.29, 1.82) is 0 Å². The van der Waals surface area contributed by atoms with Crippen molar-refractivity contribution in [3.8, 4) is 0 Å². The molecule has 0 aliphatic heterocycles. The third kappa shape index (κ3) is 5.55. The van der Waals surface area contributed by atoms with Crippen LogP contribution in [0.1, 0.15) is 28.4 Å². The summed E-state index contributed by atoms with van der Waals surface area (Å²) >= 11 is 1.35. The summed E-state index contributed by atoms with van der Waals surface area (Å²) in [6.45, 7) is 5.35. The summed E-state index contributed by atoms with van der Waals surface area (Å²) in [6.07, 6.45) is 0. The number of aryl methyl sites for hydroxylation is 1. The Hall–Kier alpha value is -1.89. The van der Waals surface area contributed by atoms with Gasteiger partial charge in [-0.3, -0.25) is 14.4 Å². The highest BCUT2D eigenvalue weighted by Crippen LogP contribution is 2.14. The standard InChI is InChI=1S/C14H20N2O4S/c1-8(2)10(14(19)20)6-15-12(17)7-16-13(18)11-5-4-9(3)21-11/h4-5,8,10H,6-7H2,1-3H3,(H,15,17)(H,16,18)(H,19,20). The van der Waals surface area contributed by atoms with Crippen LogP contribution < -0.4 is 10.6 Å². The molecule has 116 valence electrons. The van der Waals surface area contributed by atoms with E-state index in [1.165, 1.54) is 11.3 Å². The van der Waals surface area contributed by atoms with E-state index in [2.05, 4.69) is 10.6 Å². The second kappa shape index (κ2) is 7.78. The van der Waals surface area contributed by atoms with Crippen molar-refractivity contribution in [3.63, 3.8) is 0 Å². The van der Waals surface area contributed by atoms with Gasteiger partial charge >= 0.3 is 5.97 Å². The highest BCUT2D eigenvalue weighted by atomic mass is 32.1. The third-order valence-electron chi connectivity index (χ3n) is 3.01. The van der Waals surface area contributed by atoms with Gasteiger partial charge in [0.1, 0.15) is 0 Å². The third-order valence-corrected chi connectivity index (χ3v) is 4.01. The Kier molecular flexibility index (Phi) is 6.36. The first-order valence-corrected chi connectivity index (χ1v) is 7.47. The van der Waals surface area contributed by atoms with Crippen LogP contribution >= 0.6 is 11.3 Å². The zero-order valence-corrected chi connectivity index (χ0v) is 13.1. The molecule has 0 saturated heterocycles. The SMILES string of the molecule is Cc1ccc(C(=O)NCC(=O)NCC(C(=O)O)C(C)C)s1. The Morgan fingerprint density at radius 3 is 2.38 bits per heavy atom. The molecule has 6 nitrogen and oxygen atoms in total. The van der Waals surface area contributed by atoms with Gasteiger partial charge in [-0.25, -0.2) is 0 Å². The summed E-state index contributed by atoms with van der Waals surface area (Å²) in [6, 6.07) is 3.53. The molecule has 0 aromatic carbocycles. The minimum Gasteiger partial charge on any atom is -0.481 e. The molecule has 0 radical (unpaired) electrons. The van der Waals surface area contributed by atoms with Gasteiger partial charge in [-0.2, -0.15) is 0 Å². The van der Waals surface area contributed by atoms with Crippen LogP contribution in [0.15, 0.2) is 12.1 Å². The molecule has 1 rings (SSSR count). The van der Waals surface area contributed by atoms with E-state index in [4.69, 9.17) is 5.11 Å². The molecule has 0 spiro atoms. The van der Waals surface area contributed by atoms with E-state index < -0.39 is 17.8 Å². The normalized spacial score (nSPS) is 12.0. The first-order chi connectivity index (χ1) is 9.81. The van der Waals surface area contributed by atoms with Gasteiger partial charge in [0.25, 0.3) is 5.91 Å². The molecule has 3 N–H and O–H groups in total. The van der Waals surface area contributed by atoms with E-state index in [0.717, 1.165) is 4.88 Å². The Balaban J connectivity index is 2.37. The summed E-state index contributed by atoms with van der Waals surface area (Å²) in [7, 11) is 0.